The van der Waals surface area contributed by atoms with Gasteiger partial charge < -0.3 is 10.5 Å². The molecule has 0 radical (unpaired) electrons. The van der Waals surface area contributed by atoms with Gasteiger partial charge in [-0.15, -0.1) is 0 Å². The van der Waals surface area contributed by atoms with Gasteiger partial charge in [-0.25, -0.2) is 4.39 Å². The Bertz CT molecular complexity index is 396. The van der Waals surface area contributed by atoms with Gasteiger partial charge in [0, 0.05) is 5.56 Å². The lowest BCUT2D eigenvalue weighted by Crippen LogP contribution is -2.23. The monoisotopic (exact) mass is 225 g/mol. The quantitative estimate of drug-likeness (QED) is 0.802. The highest BCUT2D eigenvalue weighted by Gasteiger charge is 2.16. The largest absolute Gasteiger partial charge is 0.485 e. The van der Waals surface area contributed by atoms with Crippen molar-refractivity contribution in [1.29, 1.82) is 0 Å². The highest BCUT2D eigenvalue weighted by atomic mass is 19.1. The number of Topliss-reactive ketones (excluding diaryl/α,β-unsaturated/α-hetero) is 1. The van der Waals surface area contributed by atoms with Crippen molar-refractivity contribution < 1.29 is 13.9 Å². The summed E-state index contributed by atoms with van der Waals surface area (Å²) < 4.78 is 18.9. The van der Waals surface area contributed by atoms with E-state index in [1.54, 1.807) is 0 Å². The molecular weight excluding hydrogens is 209 g/mol. The smallest absolute Gasteiger partial charge is 0.176 e. The molecular formula is C12H16FNO2. The molecule has 0 unspecified atom stereocenters. The number of benzene rings is 1. The average Bonchev–Trinajstić information content (AvgIpc) is 2.18. The molecule has 0 aromatic heterocycles. The molecule has 0 saturated carbocycles. The topological polar surface area (TPSA) is 52.3 Å². The van der Waals surface area contributed by atoms with Crippen molar-refractivity contribution in [1.82, 2.24) is 0 Å². The zero-order valence-corrected chi connectivity index (χ0v) is 9.71. The van der Waals surface area contributed by atoms with Gasteiger partial charge in [-0.2, -0.15) is 0 Å². The molecule has 0 heterocycles. The van der Waals surface area contributed by atoms with Crippen LogP contribution in [-0.4, -0.2) is 17.9 Å². The third kappa shape index (κ3) is 3.31. The molecule has 2 N–H and O–H groups in total. The molecule has 1 aromatic carbocycles. The number of ether oxygens (including phenoxy) is 1. The van der Waals surface area contributed by atoms with Crippen molar-refractivity contribution in [3.63, 3.8) is 0 Å². The molecule has 0 atom stereocenters. The van der Waals surface area contributed by atoms with Crippen LogP contribution in [0.25, 0.3) is 0 Å². The summed E-state index contributed by atoms with van der Waals surface area (Å²) >= 11 is 0. The summed E-state index contributed by atoms with van der Waals surface area (Å²) in [6.45, 7) is 5.35. The zero-order valence-electron chi connectivity index (χ0n) is 9.71. The molecule has 16 heavy (non-hydrogen) atoms. The zero-order chi connectivity index (χ0) is 12.3. The summed E-state index contributed by atoms with van der Waals surface area (Å²) in [5, 5.41) is 0. The third-order valence-corrected chi connectivity index (χ3v) is 1.86. The highest BCUT2D eigenvalue weighted by Crippen LogP contribution is 2.23. The molecule has 0 fully saturated rings. The van der Waals surface area contributed by atoms with E-state index in [9.17, 15) is 9.18 Å². The number of halogens is 1. The number of carbonyl (C=O) groups excluding carboxylic acids is 1. The van der Waals surface area contributed by atoms with Crippen LogP contribution in [0.3, 0.4) is 0 Å². The van der Waals surface area contributed by atoms with Gasteiger partial charge >= 0.3 is 0 Å². The number of carbonyl (C=O) groups is 1. The van der Waals surface area contributed by atoms with Crippen LogP contribution in [0.2, 0.25) is 0 Å². The van der Waals surface area contributed by atoms with Crippen molar-refractivity contribution in [2.45, 2.75) is 26.4 Å². The lowest BCUT2D eigenvalue weighted by atomic mass is 10.1. The second kappa shape index (κ2) is 4.61. The minimum Gasteiger partial charge on any atom is -0.485 e. The Labute approximate surface area is 94.4 Å². The number of hydrogen-bond donors (Lipinski definition) is 1. The van der Waals surface area contributed by atoms with Crippen LogP contribution in [0.15, 0.2) is 18.2 Å². The number of rotatable bonds is 3. The SMILES string of the molecule is CC(C)(C)Oc1ccc(C(=O)CN)cc1F. The molecule has 0 aliphatic heterocycles. The van der Waals surface area contributed by atoms with Crippen molar-refractivity contribution >= 4 is 5.78 Å². The van der Waals surface area contributed by atoms with Crippen LogP contribution in [0.5, 0.6) is 5.75 Å². The van der Waals surface area contributed by atoms with Crippen LogP contribution < -0.4 is 10.5 Å². The van der Waals surface area contributed by atoms with Crippen LogP contribution in [0.4, 0.5) is 4.39 Å². The van der Waals surface area contributed by atoms with Crippen LogP contribution >= 0.6 is 0 Å². The Balaban J connectivity index is 2.96. The van der Waals surface area contributed by atoms with Crippen LogP contribution in [-0.2, 0) is 0 Å². The molecule has 0 amide bonds. The minimum atomic E-state index is -0.547. The first kappa shape index (κ1) is 12.6. The van der Waals surface area contributed by atoms with Gasteiger partial charge in [-0.1, -0.05) is 0 Å². The number of hydrogen-bond acceptors (Lipinski definition) is 3. The van der Waals surface area contributed by atoms with E-state index in [2.05, 4.69) is 0 Å². The van der Waals surface area contributed by atoms with Gasteiger partial charge in [0.2, 0.25) is 0 Å². The molecule has 1 aromatic rings. The first-order valence-electron chi connectivity index (χ1n) is 5.05. The fourth-order valence-corrected chi connectivity index (χ4v) is 1.20. The van der Waals surface area contributed by atoms with E-state index in [1.807, 2.05) is 20.8 Å². The molecule has 88 valence electrons. The Kier molecular flexibility index (Phi) is 3.65. The molecule has 0 aliphatic carbocycles. The van der Waals surface area contributed by atoms with Gasteiger partial charge in [0.15, 0.2) is 17.3 Å². The predicted molar refractivity (Wildman–Crippen MR) is 60.2 cm³/mol. The normalized spacial score (nSPS) is 11.3. The maximum absolute atomic E-state index is 13.6. The molecule has 0 bridgehead atoms. The molecule has 0 aliphatic rings. The maximum Gasteiger partial charge on any atom is 0.176 e. The average molecular weight is 225 g/mol. The molecule has 0 saturated heterocycles. The minimum absolute atomic E-state index is 0.126. The van der Waals surface area contributed by atoms with E-state index in [4.69, 9.17) is 10.5 Å². The van der Waals surface area contributed by atoms with E-state index in [0.717, 1.165) is 6.07 Å². The van der Waals surface area contributed by atoms with Crippen molar-refractivity contribution in [2.24, 2.45) is 5.73 Å². The number of ketones is 1. The van der Waals surface area contributed by atoms with E-state index in [-0.39, 0.29) is 23.6 Å². The molecule has 1 rings (SSSR count). The van der Waals surface area contributed by atoms with Gasteiger partial charge in [-0.05, 0) is 39.0 Å². The predicted octanol–water partition coefficient (Wildman–Crippen LogP) is 2.14. The second-order valence-corrected chi connectivity index (χ2v) is 4.49. The van der Waals surface area contributed by atoms with Gasteiger partial charge in [-0.3, -0.25) is 4.79 Å². The summed E-state index contributed by atoms with van der Waals surface area (Å²) in [6.07, 6.45) is 0. The third-order valence-electron chi connectivity index (χ3n) is 1.86. The highest BCUT2D eigenvalue weighted by molar-refractivity contribution is 5.97. The molecule has 4 heteroatoms. The van der Waals surface area contributed by atoms with Gasteiger partial charge in [0.25, 0.3) is 0 Å². The van der Waals surface area contributed by atoms with Crippen LogP contribution in [0, 0.1) is 5.82 Å². The Hall–Kier alpha value is -1.42. The fraction of sp³-hybridized carbons (Fsp3) is 0.417. The lowest BCUT2D eigenvalue weighted by Gasteiger charge is -2.21. The second-order valence-electron chi connectivity index (χ2n) is 4.49. The van der Waals surface area contributed by atoms with Crippen molar-refractivity contribution in [2.75, 3.05) is 6.54 Å². The van der Waals surface area contributed by atoms with E-state index in [0.29, 0.717) is 0 Å². The first-order valence-corrected chi connectivity index (χ1v) is 5.05. The fourth-order valence-electron chi connectivity index (χ4n) is 1.20. The van der Waals surface area contributed by atoms with Crippen molar-refractivity contribution in [3.05, 3.63) is 29.6 Å². The van der Waals surface area contributed by atoms with Crippen LogP contribution in [0.1, 0.15) is 31.1 Å². The summed E-state index contributed by atoms with van der Waals surface area (Å²) in [5.74, 6) is -0.698. The Morgan fingerprint density at radius 2 is 2.06 bits per heavy atom. The first-order chi connectivity index (χ1) is 7.33. The Morgan fingerprint density at radius 3 is 2.50 bits per heavy atom. The van der Waals surface area contributed by atoms with E-state index >= 15 is 0 Å². The summed E-state index contributed by atoms with van der Waals surface area (Å²) in [5.41, 5.74) is 4.98. The summed E-state index contributed by atoms with van der Waals surface area (Å²) in [6, 6.07) is 4.11. The lowest BCUT2D eigenvalue weighted by molar-refractivity contribution is 0.100. The van der Waals surface area contributed by atoms with E-state index < -0.39 is 11.4 Å². The standard InChI is InChI=1S/C12H16FNO2/c1-12(2,3)16-11-5-4-8(6-9(11)13)10(15)7-14/h4-6H,7,14H2,1-3H3. The van der Waals surface area contributed by atoms with Gasteiger partial charge in [0.1, 0.15) is 5.60 Å². The summed E-state index contributed by atoms with van der Waals surface area (Å²) in [7, 11) is 0. The van der Waals surface area contributed by atoms with Gasteiger partial charge in [0.05, 0.1) is 6.54 Å². The molecule has 3 nitrogen and oxygen atoms in total. The maximum atomic E-state index is 13.6. The summed E-state index contributed by atoms with van der Waals surface area (Å²) in [4.78, 5) is 11.2. The Morgan fingerprint density at radius 1 is 1.44 bits per heavy atom. The van der Waals surface area contributed by atoms with E-state index in [1.165, 1.54) is 12.1 Å². The van der Waals surface area contributed by atoms with Crippen molar-refractivity contribution in [3.8, 4) is 5.75 Å². The molecule has 0 spiro atoms. The number of nitrogens with two attached hydrogens (primary N) is 1.